The first kappa shape index (κ1) is 20.5. The van der Waals surface area contributed by atoms with Gasteiger partial charge in [-0.3, -0.25) is 0 Å². The molecule has 1 rings (SSSR count). The second-order valence-electron chi connectivity index (χ2n) is 7.42. The molecule has 0 aliphatic heterocycles. The van der Waals surface area contributed by atoms with Crippen molar-refractivity contribution in [1.82, 2.24) is 9.97 Å². The fourth-order valence-corrected chi connectivity index (χ4v) is 1.78. The van der Waals surface area contributed by atoms with Crippen LogP contribution in [0.5, 0.6) is 17.8 Å². The predicted molar refractivity (Wildman–Crippen MR) is 96.9 cm³/mol. The van der Waals surface area contributed by atoms with E-state index in [-0.39, 0.29) is 0 Å². The third-order valence-electron chi connectivity index (χ3n) is 3.48. The van der Waals surface area contributed by atoms with Crippen LogP contribution in [0, 0.1) is 17.8 Å². The molecule has 0 radical (unpaired) electrons. The molecule has 0 bridgehead atoms. The molecule has 0 aliphatic rings. The van der Waals surface area contributed by atoms with Crippen molar-refractivity contribution in [2.45, 2.75) is 60.8 Å². The molecule has 0 unspecified atom stereocenters. The topological polar surface area (TPSA) is 53.5 Å². The summed E-state index contributed by atoms with van der Waals surface area (Å²) in [6.45, 7) is 14.9. The summed E-state index contributed by atoms with van der Waals surface area (Å²) in [4.78, 5) is 8.67. The van der Waals surface area contributed by atoms with Crippen LogP contribution in [0.25, 0.3) is 0 Å². The molecule has 0 spiro atoms. The van der Waals surface area contributed by atoms with Gasteiger partial charge in [0, 0.05) is 0 Å². The Kier molecular flexibility index (Phi) is 9.50. The Balaban J connectivity index is 2.68. The van der Waals surface area contributed by atoms with Crippen LogP contribution in [0.2, 0.25) is 0 Å². The number of hydrogen-bond donors (Lipinski definition) is 0. The average Bonchev–Trinajstić information content (AvgIpc) is 2.46. The van der Waals surface area contributed by atoms with Crippen molar-refractivity contribution in [3.8, 4) is 17.8 Å². The van der Waals surface area contributed by atoms with Gasteiger partial charge in [-0.1, -0.05) is 41.5 Å². The average molecular weight is 338 g/mol. The second-order valence-corrected chi connectivity index (χ2v) is 7.42. The van der Waals surface area contributed by atoms with Crippen LogP contribution in [0.15, 0.2) is 6.07 Å². The van der Waals surface area contributed by atoms with E-state index in [2.05, 4.69) is 51.5 Å². The van der Waals surface area contributed by atoms with Gasteiger partial charge in [-0.05, 0) is 37.0 Å². The van der Waals surface area contributed by atoms with Crippen molar-refractivity contribution in [3.05, 3.63) is 6.07 Å². The third kappa shape index (κ3) is 9.58. The standard InChI is InChI=1S/C19H34N2O3/c1-14(2)7-10-22-17-13-18(23-11-8-15(3)4)21-19(20-17)24-12-9-16(5)6/h13-16H,7-12H2,1-6H3. The van der Waals surface area contributed by atoms with Crippen molar-refractivity contribution >= 4 is 0 Å². The number of ether oxygens (including phenoxy) is 3. The van der Waals surface area contributed by atoms with Gasteiger partial charge in [0.25, 0.3) is 0 Å². The zero-order valence-corrected chi connectivity index (χ0v) is 16.2. The third-order valence-corrected chi connectivity index (χ3v) is 3.48. The van der Waals surface area contributed by atoms with Gasteiger partial charge in [-0.2, -0.15) is 9.97 Å². The van der Waals surface area contributed by atoms with Crippen molar-refractivity contribution in [2.24, 2.45) is 17.8 Å². The molecule has 0 amide bonds. The summed E-state index contributed by atoms with van der Waals surface area (Å²) in [7, 11) is 0. The highest BCUT2D eigenvalue weighted by atomic mass is 16.5. The molecule has 24 heavy (non-hydrogen) atoms. The highest BCUT2D eigenvalue weighted by molar-refractivity contribution is 5.23. The van der Waals surface area contributed by atoms with Gasteiger partial charge in [0.2, 0.25) is 11.8 Å². The van der Waals surface area contributed by atoms with E-state index in [9.17, 15) is 0 Å². The van der Waals surface area contributed by atoms with Crippen molar-refractivity contribution < 1.29 is 14.2 Å². The fraction of sp³-hybridized carbons (Fsp3) is 0.789. The Labute approximate surface area is 147 Å². The van der Waals surface area contributed by atoms with Crippen LogP contribution in [0.1, 0.15) is 60.8 Å². The molecule has 0 saturated heterocycles. The molecule has 0 atom stereocenters. The number of aromatic nitrogens is 2. The lowest BCUT2D eigenvalue weighted by atomic mass is 10.1. The monoisotopic (exact) mass is 338 g/mol. The van der Waals surface area contributed by atoms with E-state index >= 15 is 0 Å². The molecule has 0 aromatic carbocycles. The van der Waals surface area contributed by atoms with E-state index in [1.54, 1.807) is 6.07 Å². The molecule has 138 valence electrons. The van der Waals surface area contributed by atoms with Crippen LogP contribution in [0.3, 0.4) is 0 Å². The van der Waals surface area contributed by atoms with E-state index in [1.807, 2.05) is 0 Å². The lowest BCUT2D eigenvalue weighted by Gasteiger charge is -2.12. The minimum atomic E-state index is 0.331. The van der Waals surface area contributed by atoms with E-state index in [1.165, 1.54) is 0 Å². The molecule has 5 nitrogen and oxygen atoms in total. The SMILES string of the molecule is CC(C)CCOc1cc(OCCC(C)C)nc(OCCC(C)C)n1. The molecular formula is C19H34N2O3. The van der Waals surface area contributed by atoms with E-state index in [0.717, 1.165) is 19.3 Å². The number of hydrogen-bond acceptors (Lipinski definition) is 5. The summed E-state index contributed by atoms with van der Waals surface area (Å²) in [6, 6.07) is 2.08. The summed E-state index contributed by atoms with van der Waals surface area (Å²) in [6.07, 6.45) is 2.93. The Morgan fingerprint density at radius 1 is 0.667 bits per heavy atom. The van der Waals surface area contributed by atoms with Crippen LogP contribution in [-0.4, -0.2) is 29.8 Å². The number of nitrogens with zero attached hydrogens (tertiary/aromatic N) is 2. The summed E-state index contributed by atoms with van der Waals surface area (Å²) in [5, 5.41) is 0. The second kappa shape index (κ2) is 11.1. The summed E-state index contributed by atoms with van der Waals surface area (Å²) in [5.41, 5.74) is 0. The molecule has 0 saturated carbocycles. The zero-order valence-electron chi connectivity index (χ0n) is 16.2. The maximum absolute atomic E-state index is 5.74. The van der Waals surface area contributed by atoms with Crippen LogP contribution in [0.4, 0.5) is 0 Å². The Hall–Kier alpha value is -1.52. The summed E-state index contributed by atoms with van der Waals surface area (Å²) < 4.78 is 17.2. The Morgan fingerprint density at radius 2 is 1.04 bits per heavy atom. The summed E-state index contributed by atoms with van der Waals surface area (Å²) >= 11 is 0. The molecule has 5 heteroatoms. The molecular weight excluding hydrogens is 304 g/mol. The lowest BCUT2D eigenvalue weighted by molar-refractivity contribution is 0.233. The smallest absolute Gasteiger partial charge is 0.323 e. The van der Waals surface area contributed by atoms with Gasteiger partial charge >= 0.3 is 6.01 Å². The first-order valence-corrected chi connectivity index (χ1v) is 9.14. The first-order chi connectivity index (χ1) is 11.4. The molecule has 1 aromatic heterocycles. The lowest BCUT2D eigenvalue weighted by Crippen LogP contribution is -2.09. The van der Waals surface area contributed by atoms with Crippen molar-refractivity contribution in [1.29, 1.82) is 0 Å². The predicted octanol–water partition coefficient (Wildman–Crippen LogP) is 4.75. The highest BCUT2D eigenvalue weighted by Crippen LogP contribution is 2.21. The maximum Gasteiger partial charge on any atom is 0.323 e. The molecule has 1 aromatic rings. The minimum absolute atomic E-state index is 0.331. The largest absolute Gasteiger partial charge is 0.477 e. The van der Waals surface area contributed by atoms with Gasteiger partial charge in [0.1, 0.15) is 0 Å². The van der Waals surface area contributed by atoms with Gasteiger partial charge in [0.05, 0.1) is 25.9 Å². The normalized spacial score (nSPS) is 11.4. The molecule has 0 aliphatic carbocycles. The maximum atomic E-state index is 5.74. The van der Waals surface area contributed by atoms with E-state index in [4.69, 9.17) is 14.2 Å². The highest BCUT2D eigenvalue weighted by Gasteiger charge is 2.09. The van der Waals surface area contributed by atoms with Gasteiger partial charge in [0.15, 0.2) is 0 Å². The van der Waals surface area contributed by atoms with Gasteiger partial charge in [-0.15, -0.1) is 0 Å². The molecule has 1 heterocycles. The Bertz CT molecular complexity index is 383. The van der Waals surface area contributed by atoms with Gasteiger partial charge < -0.3 is 14.2 Å². The zero-order chi connectivity index (χ0) is 17.9. The quantitative estimate of drug-likeness (QED) is 0.550. The first-order valence-electron chi connectivity index (χ1n) is 9.14. The molecule has 0 fully saturated rings. The van der Waals surface area contributed by atoms with Crippen LogP contribution >= 0.6 is 0 Å². The molecule has 0 N–H and O–H groups in total. The van der Waals surface area contributed by atoms with Crippen molar-refractivity contribution in [2.75, 3.05) is 19.8 Å². The van der Waals surface area contributed by atoms with E-state index < -0.39 is 0 Å². The summed E-state index contributed by atoms with van der Waals surface area (Å²) in [5.74, 6) is 2.80. The van der Waals surface area contributed by atoms with Gasteiger partial charge in [-0.25, -0.2) is 0 Å². The minimum Gasteiger partial charge on any atom is -0.477 e. The Morgan fingerprint density at radius 3 is 1.42 bits per heavy atom. The van der Waals surface area contributed by atoms with E-state index in [0.29, 0.717) is 55.3 Å². The van der Waals surface area contributed by atoms with Crippen molar-refractivity contribution in [3.63, 3.8) is 0 Å². The number of rotatable bonds is 12. The van der Waals surface area contributed by atoms with Crippen LogP contribution < -0.4 is 14.2 Å². The van der Waals surface area contributed by atoms with Crippen LogP contribution in [-0.2, 0) is 0 Å². The fourth-order valence-electron chi connectivity index (χ4n) is 1.78.